The van der Waals surface area contributed by atoms with Crippen molar-refractivity contribution in [3.63, 3.8) is 0 Å². The van der Waals surface area contributed by atoms with E-state index in [1.807, 2.05) is 37.3 Å². The normalized spacial score (nSPS) is 18.4. The summed E-state index contributed by atoms with van der Waals surface area (Å²) in [6, 6.07) is 9.74. The lowest BCUT2D eigenvalue weighted by atomic mass is 9.96. The molecule has 0 saturated carbocycles. The van der Waals surface area contributed by atoms with Gasteiger partial charge in [-0.2, -0.15) is 0 Å². The van der Waals surface area contributed by atoms with E-state index in [4.69, 9.17) is 14.2 Å². The smallest absolute Gasteiger partial charge is 0.231 e. The lowest BCUT2D eigenvalue weighted by Crippen LogP contribution is -2.42. The number of fused-ring (bicyclic) bond motifs is 1. The number of carbonyl (C=O) groups is 1. The number of carbonyl (C=O) groups excluding carboxylic acids is 1. The standard InChI is InChI=1S/C22H27N3O4/c1-2-27-22-18(5-3-9-23-22)14-25-10-4-6-17(13-25)21(26)24-12-16-7-8-19-20(11-16)29-15-28-19/h3,5,7-9,11,17H,2,4,6,10,12-15H2,1H3,(H,24,26). The molecule has 2 aliphatic heterocycles. The highest BCUT2D eigenvalue weighted by Gasteiger charge is 2.26. The molecule has 29 heavy (non-hydrogen) atoms. The molecular weight excluding hydrogens is 370 g/mol. The van der Waals surface area contributed by atoms with Gasteiger partial charge in [0.2, 0.25) is 18.6 Å². The van der Waals surface area contributed by atoms with Crippen LogP contribution in [0.4, 0.5) is 0 Å². The van der Waals surface area contributed by atoms with E-state index in [0.29, 0.717) is 19.0 Å². The summed E-state index contributed by atoms with van der Waals surface area (Å²) in [5.41, 5.74) is 2.07. The number of likely N-dealkylation sites (tertiary alicyclic amines) is 1. The fraction of sp³-hybridized carbons (Fsp3) is 0.455. The summed E-state index contributed by atoms with van der Waals surface area (Å²) in [5, 5.41) is 3.08. The summed E-state index contributed by atoms with van der Waals surface area (Å²) >= 11 is 0. The lowest BCUT2D eigenvalue weighted by molar-refractivity contribution is -0.126. The van der Waals surface area contributed by atoms with Crippen molar-refractivity contribution >= 4 is 5.91 Å². The van der Waals surface area contributed by atoms with Crippen LogP contribution in [0.2, 0.25) is 0 Å². The number of rotatable bonds is 7. The molecule has 0 spiro atoms. The second kappa shape index (κ2) is 9.13. The van der Waals surface area contributed by atoms with Crippen LogP contribution in [-0.4, -0.2) is 42.3 Å². The van der Waals surface area contributed by atoms with Crippen molar-refractivity contribution < 1.29 is 19.0 Å². The summed E-state index contributed by atoms with van der Waals surface area (Å²) < 4.78 is 16.4. The number of nitrogens with one attached hydrogen (secondary N) is 1. The zero-order valence-electron chi connectivity index (χ0n) is 16.7. The zero-order valence-corrected chi connectivity index (χ0v) is 16.7. The highest BCUT2D eigenvalue weighted by molar-refractivity contribution is 5.79. The highest BCUT2D eigenvalue weighted by atomic mass is 16.7. The molecule has 1 unspecified atom stereocenters. The maximum Gasteiger partial charge on any atom is 0.231 e. The van der Waals surface area contributed by atoms with Crippen LogP contribution in [0.25, 0.3) is 0 Å². The van der Waals surface area contributed by atoms with Gasteiger partial charge in [0.25, 0.3) is 0 Å². The third kappa shape index (κ3) is 4.79. The third-order valence-corrected chi connectivity index (χ3v) is 5.31. The van der Waals surface area contributed by atoms with Crippen LogP contribution < -0.4 is 19.5 Å². The van der Waals surface area contributed by atoms with Gasteiger partial charge in [-0.05, 0) is 50.1 Å². The molecule has 1 atom stereocenters. The second-order valence-corrected chi connectivity index (χ2v) is 7.38. The molecule has 0 bridgehead atoms. The number of nitrogens with zero attached hydrogens (tertiary/aromatic N) is 2. The largest absolute Gasteiger partial charge is 0.478 e. The molecular formula is C22H27N3O4. The first-order valence-electron chi connectivity index (χ1n) is 10.2. The van der Waals surface area contributed by atoms with E-state index in [-0.39, 0.29) is 18.6 Å². The van der Waals surface area contributed by atoms with E-state index in [1.165, 1.54) is 0 Å². The van der Waals surface area contributed by atoms with Crippen LogP contribution in [0.15, 0.2) is 36.5 Å². The van der Waals surface area contributed by atoms with Crippen LogP contribution in [0.1, 0.15) is 30.9 Å². The topological polar surface area (TPSA) is 72.9 Å². The quantitative estimate of drug-likeness (QED) is 0.775. The van der Waals surface area contributed by atoms with Crippen LogP contribution in [0.3, 0.4) is 0 Å². The first-order valence-corrected chi connectivity index (χ1v) is 10.2. The minimum atomic E-state index is -0.00928. The molecule has 0 radical (unpaired) electrons. The second-order valence-electron chi connectivity index (χ2n) is 7.38. The Kier molecular flexibility index (Phi) is 6.14. The summed E-state index contributed by atoms with van der Waals surface area (Å²) in [4.78, 5) is 19.4. The maximum absolute atomic E-state index is 12.7. The number of benzene rings is 1. The van der Waals surface area contributed by atoms with Gasteiger partial charge in [-0.15, -0.1) is 0 Å². The summed E-state index contributed by atoms with van der Waals surface area (Å²) in [5.74, 6) is 2.27. The van der Waals surface area contributed by atoms with E-state index in [9.17, 15) is 4.79 Å². The number of amides is 1. The Morgan fingerprint density at radius 3 is 3.10 bits per heavy atom. The first kappa shape index (κ1) is 19.5. The first-order chi connectivity index (χ1) is 14.2. The Hall–Kier alpha value is -2.80. The fourth-order valence-corrected chi connectivity index (χ4v) is 3.85. The monoisotopic (exact) mass is 397 g/mol. The summed E-state index contributed by atoms with van der Waals surface area (Å²) in [7, 11) is 0. The number of pyridine rings is 1. The van der Waals surface area contributed by atoms with Crippen molar-refractivity contribution in [2.45, 2.75) is 32.9 Å². The number of aromatic nitrogens is 1. The maximum atomic E-state index is 12.7. The molecule has 1 fully saturated rings. The Balaban J connectivity index is 1.31. The van der Waals surface area contributed by atoms with Crippen LogP contribution in [0.5, 0.6) is 17.4 Å². The SMILES string of the molecule is CCOc1ncccc1CN1CCCC(C(=O)NCc2ccc3c(c2)OCO3)C1. The van der Waals surface area contributed by atoms with Crippen molar-refractivity contribution in [2.24, 2.45) is 5.92 Å². The van der Waals surface area contributed by atoms with Crippen LogP contribution >= 0.6 is 0 Å². The minimum Gasteiger partial charge on any atom is -0.478 e. The average molecular weight is 397 g/mol. The van der Waals surface area contributed by atoms with Gasteiger partial charge < -0.3 is 19.5 Å². The van der Waals surface area contributed by atoms with Gasteiger partial charge in [-0.25, -0.2) is 4.98 Å². The van der Waals surface area contributed by atoms with Crippen molar-refractivity contribution in [1.82, 2.24) is 15.2 Å². The summed E-state index contributed by atoms with van der Waals surface area (Å²) in [6.45, 7) is 5.76. The molecule has 1 aromatic carbocycles. The number of hydrogen-bond donors (Lipinski definition) is 1. The van der Waals surface area contributed by atoms with Gasteiger partial charge >= 0.3 is 0 Å². The molecule has 2 aromatic rings. The third-order valence-electron chi connectivity index (χ3n) is 5.31. The molecule has 1 N–H and O–H groups in total. The molecule has 0 aliphatic carbocycles. The average Bonchev–Trinajstić information content (AvgIpc) is 3.22. The molecule has 7 nitrogen and oxygen atoms in total. The van der Waals surface area contributed by atoms with Gasteiger partial charge in [0, 0.05) is 31.4 Å². The Labute approximate surface area is 171 Å². The van der Waals surface area contributed by atoms with Crippen molar-refractivity contribution in [3.8, 4) is 17.4 Å². The van der Waals surface area contributed by atoms with Crippen molar-refractivity contribution in [3.05, 3.63) is 47.7 Å². The van der Waals surface area contributed by atoms with Gasteiger partial charge in [0.05, 0.1) is 12.5 Å². The number of hydrogen-bond acceptors (Lipinski definition) is 6. The molecule has 3 heterocycles. The van der Waals surface area contributed by atoms with Crippen molar-refractivity contribution in [1.29, 1.82) is 0 Å². The number of piperidine rings is 1. The Morgan fingerprint density at radius 1 is 1.31 bits per heavy atom. The predicted molar refractivity (Wildman–Crippen MR) is 108 cm³/mol. The van der Waals surface area contributed by atoms with E-state index in [1.54, 1.807) is 6.20 Å². The highest BCUT2D eigenvalue weighted by Crippen LogP contribution is 2.32. The lowest BCUT2D eigenvalue weighted by Gasteiger charge is -2.32. The van der Waals surface area contributed by atoms with E-state index in [2.05, 4.69) is 15.2 Å². The van der Waals surface area contributed by atoms with Gasteiger partial charge in [-0.3, -0.25) is 9.69 Å². The number of ether oxygens (including phenoxy) is 3. The molecule has 1 amide bonds. The predicted octanol–water partition coefficient (Wildman–Crippen LogP) is 2.74. The zero-order chi connectivity index (χ0) is 20.1. The van der Waals surface area contributed by atoms with Gasteiger partial charge in [0.15, 0.2) is 11.5 Å². The Bertz CT molecular complexity index is 858. The van der Waals surface area contributed by atoms with E-state index >= 15 is 0 Å². The molecule has 2 aliphatic rings. The van der Waals surface area contributed by atoms with E-state index < -0.39 is 0 Å². The minimum absolute atomic E-state index is 0.00928. The van der Waals surface area contributed by atoms with Gasteiger partial charge in [0.1, 0.15) is 0 Å². The fourth-order valence-electron chi connectivity index (χ4n) is 3.85. The van der Waals surface area contributed by atoms with Crippen molar-refractivity contribution in [2.75, 3.05) is 26.5 Å². The molecule has 7 heteroatoms. The van der Waals surface area contributed by atoms with Gasteiger partial charge in [-0.1, -0.05) is 12.1 Å². The van der Waals surface area contributed by atoms with E-state index in [0.717, 1.165) is 55.1 Å². The van der Waals surface area contributed by atoms with Crippen LogP contribution in [0, 0.1) is 5.92 Å². The molecule has 1 saturated heterocycles. The molecule has 154 valence electrons. The molecule has 1 aromatic heterocycles. The molecule has 4 rings (SSSR count). The Morgan fingerprint density at radius 2 is 2.21 bits per heavy atom. The summed E-state index contributed by atoms with van der Waals surface area (Å²) in [6.07, 6.45) is 3.66. The van der Waals surface area contributed by atoms with Crippen LogP contribution in [-0.2, 0) is 17.9 Å².